The van der Waals surface area contributed by atoms with E-state index in [4.69, 9.17) is 0 Å². The van der Waals surface area contributed by atoms with Crippen LogP contribution in [0, 0.1) is 6.92 Å². The van der Waals surface area contributed by atoms with Crippen LogP contribution in [0.3, 0.4) is 0 Å². The van der Waals surface area contributed by atoms with Gasteiger partial charge < -0.3 is 0 Å². The highest BCUT2D eigenvalue weighted by Gasteiger charge is 2.56. The second-order valence-corrected chi connectivity index (χ2v) is 6.14. The molecule has 0 bridgehead atoms. The largest absolute Gasteiger partial charge is 0.247 e. The van der Waals surface area contributed by atoms with Crippen molar-refractivity contribution in [2.45, 2.75) is 29.9 Å². The maximum atomic E-state index is 13.7. The summed E-state index contributed by atoms with van der Waals surface area (Å²) < 4.78 is 50.6. The lowest BCUT2D eigenvalue weighted by atomic mass is 10.1. The van der Waals surface area contributed by atoms with Crippen LogP contribution in [-0.4, -0.2) is 13.4 Å². The Kier molecular flexibility index (Phi) is 1.96. The quantitative estimate of drug-likeness (QED) is 0.688. The molecule has 0 spiro atoms. The summed E-state index contributed by atoms with van der Waals surface area (Å²) in [7, 11) is -4.19. The van der Waals surface area contributed by atoms with Gasteiger partial charge in [0, 0.05) is 5.56 Å². The van der Waals surface area contributed by atoms with E-state index in [1.807, 2.05) is 0 Å². The number of fused-ring (bicyclic) bond motifs is 1. The van der Waals surface area contributed by atoms with Crippen molar-refractivity contribution in [3.8, 4) is 0 Å². The fourth-order valence-corrected chi connectivity index (χ4v) is 3.29. The lowest BCUT2D eigenvalue weighted by molar-refractivity contribution is 0.150. The molecule has 0 saturated carbocycles. The monoisotopic (exact) mass is 232 g/mol. The molecule has 2 unspecified atom stereocenters. The summed E-state index contributed by atoms with van der Waals surface area (Å²) in [6.07, 6.45) is -2.10. The minimum Gasteiger partial charge on any atom is -0.237 e. The summed E-state index contributed by atoms with van der Waals surface area (Å²) in [6, 6.07) is 4.17. The van der Waals surface area contributed by atoms with Crippen molar-refractivity contribution in [3.63, 3.8) is 0 Å². The van der Waals surface area contributed by atoms with E-state index in [9.17, 15) is 17.2 Å². The van der Waals surface area contributed by atoms with Crippen molar-refractivity contribution < 1.29 is 17.2 Å². The van der Waals surface area contributed by atoms with Crippen molar-refractivity contribution in [3.05, 3.63) is 29.3 Å². The third-order valence-electron chi connectivity index (χ3n) is 2.71. The molecule has 1 aromatic carbocycles. The average molecular weight is 232 g/mol. The van der Waals surface area contributed by atoms with Gasteiger partial charge in [-0.2, -0.15) is 0 Å². The van der Waals surface area contributed by atoms with E-state index in [0.29, 0.717) is 5.56 Å². The Bertz CT molecular complexity index is 520. The molecule has 0 saturated heterocycles. The highest BCUT2D eigenvalue weighted by molar-refractivity contribution is 7.93. The van der Waals surface area contributed by atoms with Crippen LogP contribution in [-0.2, 0) is 9.84 Å². The van der Waals surface area contributed by atoms with Crippen molar-refractivity contribution in [2.75, 3.05) is 0 Å². The summed E-state index contributed by atoms with van der Waals surface area (Å²) in [6.45, 7) is 2.47. The molecule has 0 N–H and O–H groups in total. The van der Waals surface area contributed by atoms with E-state index in [2.05, 4.69) is 0 Å². The topological polar surface area (TPSA) is 34.1 Å². The van der Waals surface area contributed by atoms with Crippen molar-refractivity contribution in [2.24, 2.45) is 0 Å². The van der Waals surface area contributed by atoms with Gasteiger partial charge in [0.2, 0.25) is 14.8 Å². The van der Waals surface area contributed by atoms with Crippen LogP contribution < -0.4 is 0 Å². The summed E-state index contributed by atoms with van der Waals surface area (Å²) in [5, 5.41) is -2.84. The first-order valence-corrected chi connectivity index (χ1v) is 5.95. The number of rotatable bonds is 0. The summed E-state index contributed by atoms with van der Waals surface area (Å²) >= 11 is 0. The second kappa shape index (κ2) is 2.78. The third kappa shape index (κ3) is 1.16. The maximum absolute atomic E-state index is 13.7. The Morgan fingerprint density at radius 2 is 2.00 bits per heavy atom. The van der Waals surface area contributed by atoms with E-state index in [1.54, 1.807) is 6.92 Å². The van der Waals surface area contributed by atoms with Crippen molar-refractivity contribution >= 4 is 9.84 Å². The summed E-state index contributed by atoms with van der Waals surface area (Å²) in [4.78, 5) is -0.231. The Morgan fingerprint density at radius 3 is 2.60 bits per heavy atom. The highest BCUT2D eigenvalue weighted by atomic mass is 32.2. The third-order valence-corrected chi connectivity index (χ3v) is 4.91. The van der Waals surface area contributed by atoms with Crippen LogP contribution >= 0.6 is 0 Å². The van der Waals surface area contributed by atoms with Gasteiger partial charge in [-0.3, -0.25) is 0 Å². The van der Waals surface area contributed by atoms with Gasteiger partial charge in [0.1, 0.15) is 0 Å². The van der Waals surface area contributed by atoms with Gasteiger partial charge in [-0.05, 0) is 19.9 Å². The number of hydrogen-bond acceptors (Lipinski definition) is 2. The molecule has 2 atom stereocenters. The average Bonchev–Trinajstić information content (AvgIpc) is 2.26. The molecule has 1 aromatic rings. The molecule has 1 heterocycles. The SMILES string of the molecule is Cc1ccc2c(c1)C(F)C(C)(F)S2(=O)=O. The zero-order valence-corrected chi connectivity index (χ0v) is 9.11. The van der Waals surface area contributed by atoms with Crippen LogP contribution in [0.2, 0.25) is 0 Å². The number of alkyl halides is 2. The molecule has 1 aliphatic heterocycles. The Hall–Kier alpha value is -0.970. The molecule has 15 heavy (non-hydrogen) atoms. The second-order valence-electron chi connectivity index (χ2n) is 3.89. The molecule has 0 amide bonds. The minimum absolute atomic E-state index is 0.0694. The molecule has 0 fully saturated rings. The van der Waals surface area contributed by atoms with E-state index < -0.39 is 21.0 Å². The zero-order valence-electron chi connectivity index (χ0n) is 8.29. The molecule has 0 radical (unpaired) electrons. The van der Waals surface area contributed by atoms with Gasteiger partial charge in [-0.15, -0.1) is 0 Å². The zero-order chi connectivity index (χ0) is 11.4. The van der Waals surface area contributed by atoms with Gasteiger partial charge in [0.05, 0.1) is 4.90 Å². The predicted octanol–water partition coefficient (Wildman–Crippen LogP) is 2.48. The molecular weight excluding hydrogens is 222 g/mol. The normalized spacial score (nSPS) is 32.7. The maximum Gasteiger partial charge on any atom is 0.247 e. The van der Waals surface area contributed by atoms with Crippen LogP contribution in [0.1, 0.15) is 24.2 Å². The van der Waals surface area contributed by atoms with Crippen molar-refractivity contribution in [1.82, 2.24) is 0 Å². The van der Waals surface area contributed by atoms with Gasteiger partial charge >= 0.3 is 0 Å². The van der Waals surface area contributed by atoms with E-state index in [1.165, 1.54) is 18.2 Å². The first-order valence-electron chi connectivity index (χ1n) is 4.46. The standard InChI is InChI=1S/C10H10F2O2S/c1-6-3-4-8-7(5-6)9(11)10(2,12)15(8,13)14/h3-5,9H,1-2H3. The van der Waals surface area contributed by atoms with Crippen LogP contribution in [0.4, 0.5) is 8.78 Å². The lowest BCUT2D eigenvalue weighted by Gasteiger charge is -2.14. The molecule has 5 heteroatoms. The Labute approximate surface area is 86.8 Å². The van der Waals surface area contributed by atoms with Gasteiger partial charge in [-0.25, -0.2) is 17.2 Å². The van der Waals surface area contributed by atoms with E-state index in [0.717, 1.165) is 6.92 Å². The molecule has 82 valence electrons. The molecule has 0 aromatic heterocycles. The van der Waals surface area contributed by atoms with Crippen LogP contribution in [0.15, 0.2) is 23.1 Å². The number of aryl methyl sites for hydroxylation is 1. The molecule has 2 rings (SSSR count). The van der Waals surface area contributed by atoms with Crippen LogP contribution in [0.5, 0.6) is 0 Å². The summed E-state index contributed by atoms with van der Waals surface area (Å²) in [5.74, 6) is 0. The number of halogens is 2. The Balaban J connectivity index is 2.80. The molecule has 0 aliphatic carbocycles. The van der Waals surface area contributed by atoms with Crippen LogP contribution in [0.25, 0.3) is 0 Å². The smallest absolute Gasteiger partial charge is 0.237 e. The van der Waals surface area contributed by atoms with E-state index in [-0.39, 0.29) is 10.5 Å². The lowest BCUT2D eigenvalue weighted by Crippen LogP contribution is -2.28. The first kappa shape index (κ1) is 10.5. The minimum atomic E-state index is -4.19. The predicted molar refractivity (Wildman–Crippen MR) is 51.7 cm³/mol. The first-order chi connectivity index (χ1) is 6.78. The number of hydrogen-bond donors (Lipinski definition) is 0. The highest BCUT2D eigenvalue weighted by Crippen LogP contribution is 2.49. The molecule has 1 aliphatic rings. The Morgan fingerprint density at radius 1 is 1.40 bits per heavy atom. The molecule has 2 nitrogen and oxygen atoms in total. The number of sulfone groups is 1. The number of benzene rings is 1. The van der Waals surface area contributed by atoms with E-state index >= 15 is 0 Å². The molecular formula is C10H10F2O2S. The fraction of sp³-hybridized carbons (Fsp3) is 0.400. The van der Waals surface area contributed by atoms with Gasteiger partial charge in [0.15, 0.2) is 6.17 Å². The van der Waals surface area contributed by atoms with Gasteiger partial charge in [0.25, 0.3) is 0 Å². The fourth-order valence-electron chi connectivity index (χ4n) is 1.74. The van der Waals surface area contributed by atoms with Gasteiger partial charge in [-0.1, -0.05) is 17.7 Å². The van der Waals surface area contributed by atoms with Crippen molar-refractivity contribution in [1.29, 1.82) is 0 Å². The summed E-state index contributed by atoms with van der Waals surface area (Å²) in [5.41, 5.74) is 0.643.